The van der Waals surface area contributed by atoms with Gasteiger partial charge in [0, 0.05) is 49.5 Å². The number of nitrogens with zero attached hydrogens (tertiary/aromatic N) is 4. The molecule has 1 aromatic heterocycles. The van der Waals surface area contributed by atoms with E-state index in [2.05, 4.69) is 29.4 Å². The summed E-state index contributed by atoms with van der Waals surface area (Å²) in [5, 5.41) is 3.43. The van der Waals surface area contributed by atoms with E-state index in [1.165, 1.54) is 17.3 Å². The summed E-state index contributed by atoms with van der Waals surface area (Å²) in [7, 11) is 3.83. The fraction of sp³-hybridized carbons (Fsp3) is 0.200. The fourth-order valence-electron chi connectivity index (χ4n) is 5.36. The first-order chi connectivity index (χ1) is 18.0. The third-order valence-electron chi connectivity index (χ3n) is 7.25. The lowest BCUT2D eigenvalue weighted by atomic mass is 10.0. The van der Waals surface area contributed by atoms with Gasteiger partial charge in [-0.15, -0.1) is 0 Å². The minimum Gasteiger partial charge on any atom is -0.374 e. The Morgan fingerprint density at radius 2 is 1.46 bits per heavy atom. The van der Waals surface area contributed by atoms with E-state index in [9.17, 15) is 9.59 Å². The predicted molar refractivity (Wildman–Crippen MR) is 150 cm³/mol. The van der Waals surface area contributed by atoms with E-state index in [1.807, 2.05) is 71.6 Å². The van der Waals surface area contributed by atoms with Crippen LogP contribution in [0.2, 0.25) is 0 Å². The molecule has 0 bridgehead atoms. The van der Waals surface area contributed by atoms with Crippen molar-refractivity contribution in [1.29, 1.82) is 0 Å². The van der Waals surface area contributed by atoms with Gasteiger partial charge in [-0.3, -0.25) is 19.1 Å². The smallest absolute Gasteiger partial charge is 0.265 e. The Bertz CT molecular complexity index is 1530. The zero-order valence-electron chi connectivity index (χ0n) is 21.0. The minimum atomic E-state index is -0.180. The van der Waals surface area contributed by atoms with Gasteiger partial charge >= 0.3 is 0 Å². The van der Waals surface area contributed by atoms with Crippen molar-refractivity contribution in [2.24, 2.45) is 7.05 Å². The SMILES string of the molecule is CN1CCCc2cc(Nc3cc(=O)n(C)c4c3C(=O)N(c3ccccc3)CN4c3ccccc3)ccc21. The second-order valence-electron chi connectivity index (χ2n) is 9.62. The number of nitrogens with one attached hydrogen (secondary N) is 1. The molecule has 2 aliphatic rings. The summed E-state index contributed by atoms with van der Waals surface area (Å²) in [6.07, 6.45) is 2.11. The molecule has 37 heavy (non-hydrogen) atoms. The standard InChI is InChI=1S/C30H29N5O2/c1-32-17-9-10-21-18-22(15-16-26(21)32)31-25-19-27(36)33(2)29-28(25)30(37)35(24-13-7-4-8-14-24)20-34(29)23-11-5-3-6-12-23/h3-8,11-16,18-19,31H,9-10,17,20H2,1-2H3. The lowest BCUT2D eigenvalue weighted by Gasteiger charge is -2.39. The number of carbonyl (C=O) groups excluding carboxylic acids is 1. The first-order valence-electron chi connectivity index (χ1n) is 12.6. The third-order valence-corrected chi connectivity index (χ3v) is 7.25. The quantitative estimate of drug-likeness (QED) is 0.422. The Labute approximate surface area is 216 Å². The molecule has 1 amide bonds. The summed E-state index contributed by atoms with van der Waals surface area (Å²) in [5.74, 6) is 0.431. The Balaban J connectivity index is 1.51. The Morgan fingerprint density at radius 1 is 0.784 bits per heavy atom. The zero-order chi connectivity index (χ0) is 25.5. The van der Waals surface area contributed by atoms with Gasteiger partial charge in [0.1, 0.15) is 18.1 Å². The first kappa shape index (κ1) is 22.9. The highest BCUT2D eigenvalue weighted by Gasteiger charge is 2.35. The number of fused-ring (bicyclic) bond motifs is 2. The Kier molecular flexibility index (Phi) is 5.68. The monoisotopic (exact) mass is 491 g/mol. The topological polar surface area (TPSA) is 60.8 Å². The number of rotatable bonds is 4. The van der Waals surface area contributed by atoms with Crippen molar-refractivity contribution in [3.63, 3.8) is 0 Å². The van der Waals surface area contributed by atoms with E-state index >= 15 is 0 Å². The molecule has 0 fully saturated rings. The molecular formula is C30H29N5O2. The molecule has 0 atom stereocenters. The molecule has 3 heterocycles. The number of aromatic nitrogens is 1. The van der Waals surface area contributed by atoms with Crippen LogP contribution < -0.4 is 25.6 Å². The maximum atomic E-state index is 14.1. The fourth-order valence-corrected chi connectivity index (χ4v) is 5.36. The van der Waals surface area contributed by atoms with Gasteiger partial charge in [0.2, 0.25) is 0 Å². The van der Waals surface area contributed by atoms with Crippen LogP contribution in [0.15, 0.2) is 89.7 Å². The van der Waals surface area contributed by atoms with Gasteiger partial charge in [-0.1, -0.05) is 36.4 Å². The second-order valence-corrected chi connectivity index (χ2v) is 9.62. The van der Waals surface area contributed by atoms with Gasteiger partial charge < -0.3 is 15.1 Å². The molecule has 186 valence electrons. The van der Waals surface area contributed by atoms with E-state index in [1.54, 1.807) is 16.5 Å². The highest BCUT2D eigenvalue weighted by molar-refractivity contribution is 6.15. The van der Waals surface area contributed by atoms with Crippen molar-refractivity contribution >= 4 is 40.2 Å². The van der Waals surface area contributed by atoms with Gasteiger partial charge in [-0.2, -0.15) is 0 Å². The number of para-hydroxylation sites is 2. The molecule has 3 aromatic carbocycles. The average molecular weight is 492 g/mol. The van der Waals surface area contributed by atoms with Crippen LogP contribution in [0.1, 0.15) is 22.3 Å². The van der Waals surface area contributed by atoms with Crippen LogP contribution in [0.25, 0.3) is 0 Å². The van der Waals surface area contributed by atoms with Crippen LogP contribution in [-0.4, -0.2) is 30.7 Å². The van der Waals surface area contributed by atoms with E-state index in [0.717, 1.165) is 36.4 Å². The summed E-state index contributed by atoms with van der Waals surface area (Å²) in [5.41, 5.74) is 5.85. The lowest BCUT2D eigenvalue weighted by molar-refractivity contribution is 0.0983. The highest BCUT2D eigenvalue weighted by atomic mass is 16.2. The maximum Gasteiger partial charge on any atom is 0.265 e. The number of hydrogen-bond acceptors (Lipinski definition) is 5. The molecule has 0 saturated carbocycles. The van der Waals surface area contributed by atoms with Gasteiger partial charge in [0.05, 0.1) is 5.69 Å². The second kappa shape index (κ2) is 9.17. The number of anilines is 6. The number of pyridine rings is 1. The Morgan fingerprint density at radius 3 is 2.16 bits per heavy atom. The average Bonchev–Trinajstić information content (AvgIpc) is 2.92. The molecule has 7 heteroatoms. The van der Waals surface area contributed by atoms with Gasteiger partial charge in [-0.05, 0) is 60.9 Å². The molecule has 1 N–H and O–H groups in total. The van der Waals surface area contributed by atoms with Crippen molar-refractivity contribution in [2.45, 2.75) is 12.8 Å². The van der Waals surface area contributed by atoms with Crippen LogP contribution in [0.3, 0.4) is 0 Å². The number of amides is 1. The number of carbonyl (C=O) groups is 1. The van der Waals surface area contributed by atoms with Crippen molar-refractivity contribution in [3.05, 3.63) is 106 Å². The first-order valence-corrected chi connectivity index (χ1v) is 12.6. The molecular weight excluding hydrogens is 462 g/mol. The molecule has 2 aliphatic heterocycles. The lowest BCUT2D eigenvalue weighted by Crippen LogP contribution is -2.47. The maximum absolute atomic E-state index is 14.1. The summed E-state index contributed by atoms with van der Waals surface area (Å²) in [6, 6.07) is 27.3. The molecule has 0 radical (unpaired) electrons. The van der Waals surface area contributed by atoms with Crippen LogP contribution in [0.4, 0.5) is 34.3 Å². The number of benzene rings is 3. The van der Waals surface area contributed by atoms with Gasteiger partial charge in [0.25, 0.3) is 11.5 Å². The normalized spacial score (nSPS) is 14.9. The molecule has 0 aliphatic carbocycles. The molecule has 0 spiro atoms. The van der Waals surface area contributed by atoms with Gasteiger partial charge in [-0.25, -0.2) is 0 Å². The Hall–Kier alpha value is -4.52. The third kappa shape index (κ3) is 4.02. The predicted octanol–water partition coefficient (Wildman–Crippen LogP) is 5.27. The van der Waals surface area contributed by atoms with Crippen LogP contribution in [-0.2, 0) is 13.5 Å². The molecule has 4 aromatic rings. The molecule has 7 nitrogen and oxygen atoms in total. The van der Waals surface area contributed by atoms with E-state index in [0.29, 0.717) is 23.7 Å². The molecule has 0 unspecified atom stereocenters. The van der Waals surface area contributed by atoms with Crippen molar-refractivity contribution in [2.75, 3.05) is 40.3 Å². The zero-order valence-corrected chi connectivity index (χ0v) is 21.0. The van der Waals surface area contributed by atoms with Crippen molar-refractivity contribution in [1.82, 2.24) is 4.57 Å². The summed E-state index contributed by atoms with van der Waals surface area (Å²) < 4.78 is 1.57. The van der Waals surface area contributed by atoms with Crippen molar-refractivity contribution < 1.29 is 4.79 Å². The van der Waals surface area contributed by atoms with Crippen LogP contribution in [0, 0.1) is 0 Å². The van der Waals surface area contributed by atoms with E-state index in [4.69, 9.17) is 0 Å². The largest absolute Gasteiger partial charge is 0.374 e. The summed E-state index contributed by atoms with van der Waals surface area (Å²) in [6.45, 7) is 1.34. The van der Waals surface area contributed by atoms with Crippen LogP contribution in [0.5, 0.6) is 0 Å². The van der Waals surface area contributed by atoms with Crippen molar-refractivity contribution in [3.8, 4) is 0 Å². The van der Waals surface area contributed by atoms with Crippen LogP contribution >= 0.6 is 0 Å². The van der Waals surface area contributed by atoms with Gasteiger partial charge in [0.15, 0.2) is 0 Å². The number of hydrogen-bond donors (Lipinski definition) is 1. The minimum absolute atomic E-state index is 0.149. The molecule has 6 rings (SSSR count). The molecule has 0 saturated heterocycles. The summed E-state index contributed by atoms with van der Waals surface area (Å²) in [4.78, 5) is 33.3. The summed E-state index contributed by atoms with van der Waals surface area (Å²) >= 11 is 0. The number of aryl methyl sites for hydroxylation is 1. The van der Waals surface area contributed by atoms with E-state index in [-0.39, 0.29) is 11.5 Å². The highest BCUT2D eigenvalue weighted by Crippen LogP contribution is 2.39. The van der Waals surface area contributed by atoms with E-state index < -0.39 is 0 Å².